The molecule has 0 aliphatic carbocycles. The summed E-state index contributed by atoms with van der Waals surface area (Å²) in [5.41, 5.74) is 0.862. The van der Waals surface area contributed by atoms with E-state index in [4.69, 9.17) is 4.74 Å². The van der Waals surface area contributed by atoms with E-state index in [0.29, 0.717) is 5.75 Å². The second-order valence-electron chi connectivity index (χ2n) is 4.42. The van der Waals surface area contributed by atoms with Crippen LogP contribution in [0.5, 0.6) is 0 Å². The summed E-state index contributed by atoms with van der Waals surface area (Å²) >= 11 is 1.68. The number of anilines is 1. The van der Waals surface area contributed by atoms with Gasteiger partial charge in [0.05, 0.1) is 19.0 Å². The zero-order valence-electron chi connectivity index (χ0n) is 11.0. The van der Waals surface area contributed by atoms with Crippen molar-refractivity contribution in [3.8, 4) is 0 Å². The minimum atomic E-state index is 0.0678. The Kier molecular flexibility index (Phi) is 6.20. The number of para-hydroxylation sites is 1. The quantitative estimate of drug-likeness (QED) is 0.805. The summed E-state index contributed by atoms with van der Waals surface area (Å²) in [7, 11) is 0. The fraction of sp³-hybridized carbons (Fsp3) is 0.500. The van der Waals surface area contributed by atoms with Crippen LogP contribution in [0.1, 0.15) is 0 Å². The Morgan fingerprint density at radius 2 is 2.00 bits per heavy atom. The van der Waals surface area contributed by atoms with Crippen LogP contribution in [0, 0.1) is 0 Å². The molecule has 1 aliphatic rings. The fourth-order valence-corrected chi connectivity index (χ4v) is 2.69. The molecule has 1 amide bonds. The molecule has 1 aromatic carbocycles. The number of amides is 1. The van der Waals surface area contributed by atoms with Crippen molar-refractivity contribution in [2.45, 2.75) is 0 Å². The van der Waals surface area contributed by atoms with Crippen LogP contribution in [0.25, 0.3) is 0 Å². The van der Waals surface area contributed by atoms with E-state index < -0.39 is 0 Å². The van der Waals surface area contributed by atoms with Gasteiger partial charge >= 0.3 is 0 Å². The molecule has 0 unspecified atom stereocenters. The van der Waals surface area contributed by atoms with Gasteiger partial charge in [0.2, 0.25) is 5.91 Å². The van der Waals surface area contributed by atoms with Crippen LogP contribution in [0.3, 0.4) is 0 Å². The second-order valence-corrected chi connectivity index (χ2v) is 5.53. The summed E-state index contributed by atoms with van der Waals surface area (Å²) in [4.78, 5) is 14.1. The van der Waals surface area contributed by atoms with Crippen molar-refractivity contribution in [2.24, 2.45) is 0 Å². The van der Waals surface area contributed by atoms with Gasteiger partial charge < -0.3 is 10.1 Å². The van der Waals surface area contributed by atoms with E-state index in [1.54, 1.807) is 11.8 Å². The molecular weight excluding hydrogens is 260 g/mol. The highest BCUT2D eigenvalue weighted by Gasteiger charge is 2.10. The Labute approximate surface area is 118 Å². The van der Waals surface area contributed by atoms with E-state index in [1.807, 2.05) is 30.3 Å². The topological polar surface area (TPSA) is 41.6 Å². The third-order valence-corrected chi connectivity index (χ3v) is 3.88. The van der Waals surface area contributed by atoms with E-state index in [1.165, 1.54) is 0 Å². The van der Waals surface area contributed by atoms with Crippen molar-refractivity contribution in [3.63, 3.8) is 0 Å². The first-order chi connectivity index (χ1) is 9.34. The molecule has 104 valence electrons. The monoisotopic (exact) mass is 280 g/mol. The molecule has 0 saturated carbocycles. The van der Waals surface area contributed by atoms with E-state index in [2.05, 4.69) is 10.2 Å². The number of carbonyl (C=O) groups excluding carboxylic acids is 1. The van der Waals surface area contributed by atoms with Gasteiger partial charge in [-0.25, -0.2) is 0 Å². The number of thioether (sulfide) groups is 1. The number of carbonyl (C=O) groups is 1. The predicted molar refractivity (Wildman–Crippen MR) is 79.7 cm³/mol. The average molecular weight is 280 g/mol. The van der Waals surface area contributed by atoms with Crippen molar-refractivity contribution >= 4 is 23.4 Å². The van der Waals surface area contributed by atoms with Crippen molar-refractivity contribution in [1.82, 2.24) is 4.90 Å². The molecule has 0 aromatic heterocycles. The molecular formula is C14H20N2O2S. The lowest BCUT2D eigenvalue weighted by Crippen LogP contribution is -2.37. The minimum absolute atomic E-state index is 0.0678. The Morgan fingerprint density at radius 3 is 2.74 bits per heavy atom. The lowest BCUT2D eigenvalue weighted by molar-refractivity contribution is -0.113. The van der Waals surface area contributed by atoms with Gasteiger partial charge in [0.15, 0.2) is 0 Å². The summed E-state index contributed by atoms with van der Waals surface area (Å²) in [6.45, 7) is 4.72. The number of benzene rings is 1. The van der Waals surface area contributed by atoms with Crippen LogP contribution >= 0.6 is 11.8 Å². The molecule has 0 radical (unpaired) electrons. The molecule has 4 nitrogen and oxygen atoms in total. The minimum Gasteiger partial charge on any atom is -0.379 e. The molecule has 19 heavy (non-hydrogen) atoms. The van der Waals surface area contributed by atoms with E-state index in [9.17, 15) is 4.79 Å². The number of hydrogen-bond acceptors (Lipinski definition) is 4. The normalized spacial score (nSPS) is 16.2. The highest BCUT2D eigenvalue weighted by molar-refractivity contribution is 7.99. The Hall–Kier alpha value is -1.04. The molecule has 2 rings (SSSR count). The van der Waals surface area contributed by atoms with Gasteiger partial charge in [-0.2, -0.15) is 11.8 Å². The number of ether oxygens (including phenoxy) is 1. The number of nitrogens with one attached hydrogen (secondary N) is 1. The van der Waals surface area contributed by atoms with Crippen molar-refractivity contribution in [1.29, 1.82) is 0 Å². The van der Waals surface area contributed by atoms with Crippen LogP contribution in [0.4, 0.5) is 5.69 Å². The van der Waals surface area contributed by atoms with Gasteiger partial charge in [0.1, 0.15) is 0 Å². The van der Waals surface area contributed by atoms with Crippen LogP contribution in [0.15, 0.2) is 30.3 Å². The fourth-order valence-electron chi connectivity index (χ4n) is 1.90. The Balaban J connectivity index is 1.56. The molecule has 1 aliphatic heterocycles. The summed E-state index contributed by atoms with van der Waals surface area (Å²) in [5.74, 6) is 1.57. The first-order valence-corrected chi connectivity index (χ1v) is 7.73. The lowest BCUT2D eigenvalue weighted by atomic mass is 10.3. The highest BCUT2D eigenvalue weighted by atomic mass is 32.2. The summed E-state index contributed by atoms with van der Waals surface area (Å²) < 4.78 is 5.30. The molecule has 0 bridgehead atoms. The number of rotatable bonds is 6. The maximum absolute atomic E-state index is 11.7. The van der Waals surface area contributed by atoms with Crippen LogP contribution in [-0.4, -0.2) is 55.2 Å². The molecule has 1 aromatic rings. The second kappa shape index (κ2) is 8.19. The highest BCUT2D eigenvalue weighted by Crippen LogP contribution is 2.08. The SMILES string of the molecule is O=C(CSCCN1CCOCC1)Nc1ccccc1. The number of morpholine rings is 1. The summed E-state index contributed by atoms with van der Waals surface area (Å²) in [6, 6.07) is 9.57. The number of nitrogens with zero attached hydrogens (tertiary/aromatic N) is 1. The zero-order valence-corrected chi connectivity index (χ0v) is 11.8. The van der Waals surface area contributed by atoms with Crippen LogP contribution < -0.4 is 5.32 Å². The number of hydrogen-bond donors (Lipinski definition) is 1. The van der Waals surface area contributed by atoms with Gasteiger partial charge in [-0.1, -0.05) is 18.2 Å². The first kappa shape index (κ1) is 14.4. The standard InChI is InChI=1S/C14H20N2O2S/c17-14(15-13-4-2-1-3-5-13)12-19-11-8-16-6-9-18-10-7-16/h1-5H,6-12H2,(H,15,17). The third-order valence-electron chi connectivity index (χ3n) is 2.95. The summed E-state index contributed by atoms with van der Waals surface area (Å²) in [5, 5.41) is 2.89. The maximum Gasteiger partial charge on any atom is 0.234 e. The smallest absolute Gasteiger partial charge is 0.234 e. The molecule has 0 spiro atoms. The van der Waals surface area contributed by atoms with Crippen LogP contribution in [-0.2, 0) is 9.53 Å². The van der Waals surface area contributed by atoms with Gasteiger partial charge in [-0.3, -0.25) is 9.69 Å². The van der Waals surface area contributed by atoms with Crippen LogP contribution in [0.2, 0.25) is 0 Å². The molecule has 1 saturated heterocycles. The first-order valence-electron chi connectivity index (χ1n) is 6.57. The zero-order chi connectivity index (χ0) is 13.3. The van der Waals surface area contributed by atoms with Crippen molar-refractivity contribution in [2.75, 3.05) is 49.7 Å². The molecule has 5 heteroatoms. The van der Waals surface area contributed by atoms with E-state index >= 15 is 0 Å². The Morgan fingerprint density at radius 1 is 1.26 bits per heavy atom. The largest absolute Gasteiger partial charge is 0.379 e. The average Bonchev–Trinajstić information content (AvgIpc) is 2.46. The summed E-state index contributed by atoms with van der Waals surface area (Å²) in [6.07, 6.45) is 0. The lowest BCUT2D eigenvalue weighted by Gasteiger charge is -2.26. The van der Waals surface area contributed by atoms with Gasteiger partial charge in [-0.15, -0.1) is 0 Å². The maximum atomic E-state index is 11.7. The van der Waals surface area contributed by atoms with Crippen molar-refractivity contribution < 1.29 is 9.53 Å². The van der Waals surface area contributed by atoms with Gasteiger partial charge in [0.25, 0.3) is 0 Å². The predicted octanol–water partition coefficient (Wildman–Crippen LogP) is 1.69. The molecule has 0 atom stereocenters. The van der Waals surface area contributed by atoms with E-state index in [0.717, 1.165) is 44.3 Å². The molecule has 1 N–H and O–H groups in total. The Bertz CT molecular complexity index is 380. The molecule has 1 heterocycles. The van der Waals surface area contributed by atoms with Crippen molar-refractivity contribution in [3.05, 3.63) is 30.3 Å². The molecule has 1 fully saturated rings. The van der Waals surface area contributed by atoms with Gasteiger partial charge in [0, 0.05) is 31.1 Å². The third kappa shape index (κ3) is 5.63. The van der Waals surface area contributed by atoms with E-state index in [-0.39, 0.29) is 5.91 Å². The van der Waals surface area contributed by atoms with Gasteiger partial charge in [-0.05, 0) is 12.1 Å².